The molecule has 110 valence electrons. The second-order valence-electron chi connectivity index (χ2n) is 5.28. The summed E-state index contributed by atoms with van der Waals surface area (Å²) in [6.07, 6.45) is 0.600. The number of carbonyl (C=O) groups excluding carboxylic acids is 1. The van der Waals surface area contributed by atoms with E-state index in [1.165, 1.54) is 24.3 Å². The lowest BCUT2D eigenvalue weighted by Crippen LogP contribution is -2.07. The van der Waals surface area contributed by atoms with Crippen molar-refractivity contribution in [3.63, 3.8) is 0 Å². The van der Waals surface area contributed by atoms with Gasteiger partial charge < -0.3 is 4.74 Å². The van der Waals surface area contributed by atoms with Gasteiger partial charge in [-0.25, -0.2) is 4.39 Å². The van der Waals surface area contributed by atoms with E-state index < -0.39 is 5.82 Å². The van der Waals surface area contributed by atoms with Crippen molar-refractivity contribution in [2.45, 2.75) is 26.7 Å². The molecule has 0 atom stereocenters. The summed E-state index contributed by atoms with van der Waals surface area (Å²) in [5, 5.41) is 0. The van der Waals surface area contributed by atoms with Crippen LogP contribution in [-0.4, -0.2) is 12.9 Å². The van der Waals surface area contributed by atoms with Gasteiger partial charge in [-0.2, -0.15) is 0 Å². The molecule has 0 unspecified atom stereocenters. The number of methoxy groups -OCH3 is 1. The molecule has 0 aliphatic carbocycles. The first-order valence-corrected chi connectivity index (χ1v) is 6.90. The highest BCUT2D eigenvalue weighted by Gasteiger charge is 2.09. The summed E-state index contributed by atoms with van der Waals surface area (Å²) in [5.41, 5.74) is 4.05. The number of halogens is 1. The number of ketones is 1. The Labute approximate surface area is 124 Å². The van der Waals surface area contributed by atoms with E-state index in [0.29, 0.717) is 12.0 Å². The largest absolute Gasteiger partial charge is 0.494 e. The van der Waals surface area contributed by atoms with Gasteiger partial charge in [0, 0.05) is 12.8 Å². The smallest absolute Gasteiger partial charge is 0.165 e. The minimum absolute atomic E-state index is 0.0721. The highest BCUT2D eigenvalue weighted by Crippen LogP contribution is 2.18. The summed E-state index contributed by atoms with van der Waals surface area (Å²) in [7, 11) is 1.42. The maximum atomic E-state index is 13.6. The molecule has 0 amide bonds. The van der Waals surface area contributed by atoms with E-state index >= 15 is 0 Å². The van der Waals surface area contributed by atoms with Crippen LogP contribution in [0.1, 0.15) is 22.3 Å². The van der Waals surface area contributed by atoms with Gasteiger partial charge in [0.05, 0.1) is 7.11 Å². The molecule has 0 aliphatic heterocycles. The third-order valence-electron chi connectivity index (χ3n) is 3.59. The third-order valence-corrected chi connectivity index (χ3v) is 3.59. The fourth-order valence-corrected chi connectivity index (χ4v) is 2.25. The number of benzene rings is 2. The predicted molar refractivity (Wildman–Crippen MR) is 81.3 cm³/mol. The molecule has 2 nitrogen and oxygen atoms in total. The lowest BCUT2D eigenvalue weighted by atomic mass is 9.99. The molecule has 2 aromatic rings. The van der Waals surface area contributed by atoms with Gasteiger partial charge in [0.15, 0.2) is 11.6 Å². The van der Waals surface area contributed by atoms with Crippen molar-refractivity contribution in [2.75, 3.05) is 7.11 Å². The Morgan fingerprint density at radius 3 is 2.19 bits per heavy atom. The highest BCUT2D eigenvalue weighted by atomic mass is 19.1. The standard InChI is InChI=1S/C18H19FO2/c1-12-4-5-14(8-13(12)2)9-16(20)10-15-6-7-18(21-3)17(19)11-15/h4-8,11H,9-10H2,1-3H3. The van der Waals surface area contributed by atoms with E-state index in [2.05, 4.69) is 0 Å². The van der Waals surface area contributed by atoms with E-state index in [4.69, 9.17) is 4.74 Å². The molecule has 0 N–H and O–H groups in total. The fraction of sp³-hybridized carbons (Fsp3) is 0.278. The molecule has 0 saturated heterocycles. The minimum Gasteiger partial charge on any atom is -0.494 e. The second kappa shape index (κ2) is 6.53. The Balaban J connectivity index is 2.04. The minimum atomic E-state index is -0.436. The molecule has 2 rings (SSSR count). The molecule has 0 fully saturated rings. The maximum Gasteiger partial charge on any atom is 0.165 e. The summed E-state index contributed by atoms with van der Waals surface area (Å²) in [6.45, 7) is 4.07. The average Bonchev–Trinajstić information content (AvgIpc) is 2.43. The van der Waals surface area contributed by atoms with E-state index in [9.17, 15) is 9.18 Å². The van der Waals surface area contributed by atoms with Crippen LogP contribution in [0.15, 0.2) is 36.4 Å². The van der Waals surface area contributed by atoms with E-state index in [0.717, 1.165) is 5.56 Å². The molecule has 2 aromatic carbocycles. The van der Waals surface area contributed by atoms with E-state index in [1.54, 1.807) is 12.1 Å². The van der Waals surface area contributed by atoms with Gasteiger partial charge in [-0.3, -0.25) is 4.79 Å². The van der Waals surface area contributed by atoms with Crippen LogP contribution in [0.3, 0.4) is 0 Å². The first-order valence-electron chi connectivity index (χ1n) is 6.90. The number of hydrogen-bond acceptors (Lipinski definition) is 2. The third kappa shape index (κ3) is 3.91. The Hall–Kier alpha value is -2.16. The van der Waals surface area contributed by atoms with Crippen LogP contribution in [0, 0.1) is 19.7 Å². The van der Waals surface area contributed by atoms with Crippen LogP contribution in [0.4, 0.5) is 4.39 Å². The molecule has 21 heavy (non-hydrogen) atoms. The van der Waals surface area contributed by atoms with Crippen molar-refractivity contribution in [3.8, 4) is 5.75 Å². The molecule has 0 aromatic heterocycles. The Bertz CT molecular complexity index is 662. The Morgan fingerprint density at radius 2 is 1.62 bits per heavy atom. The van der Waals surface area contributed by atoms with Gasteiger partial charge >= 0.3 is 0 Å². The van der Waals surface area contributed by atoms with Crippen molar-refractivity contribution >= 4 is 5.78 Å². The van der Waals surface area contributed by atoms with E-state index in [-0.39, 0.29) is 18.0 Å². The number of carbonyl (C=O) groups is 1. The number of aryl methyl sites for hydroxylation is 2. The summed E-state index contributed by atoms with van der Waals surface area (Å²) >= 11 is 0. The number of Topliss-reactive ketones (excluding diaryl/α,β-unsaturated/α-hetero) is 1. The van der Waals surface area contributed by atoms with E-state index in [1.807, 2.05) is 32.0 Å². The fourth-order valence-electron chi connectivity index (χ4n) is 2.25. The van der Waals surface area contributed by atoms with Crippen LogP contribution in [-0.2, 0) is 17.6 Å². The molecule has 0 heterocycles. The van der Waals surface area contributed by atoms with Crippen LogP contribution < -0.4 is 4.74 Å². The summed E-state index contributed by atoms with van der Waals surface area (Å²) in [4.78, 5) is 12.1. The Morgan fingerprint density at radius 1 is 1.00 bits per heavy atom. The highest BCUT2D eigenvalue weighted by molar-refractivity contribution is 5.83. The quantitative estimate of drug-likeness (QED) is 0.835. The van der Waals surface area contributed by atoms with Gasteiger partial charge in [-0.05, 0) is 48.2 Å². The van der Waals surface area contributed by atoms with Crippen LogP contribution >= 0.6 is 0 Å². The summed E-state index contributed by atoms with van der Waals surface area (Å²) in [6, 6.07) is 10.6. The zero-order valence-electron chi connectivity index (χ0n) is 12.6. The van der Waals surface area contributed by atoms with Crippen molar-refractivity contribution in [1.82, 2.24) is 0 Å². The first kappa shape index (κ1) is 15.2. The summed E-state index contributed by atoms with van der Waals surface area (Å²) in [5.74, 6) is -0.169. The van der Waals surface area contributed by atoms with Gasteiger partial charge in [-0.15, -0.1) is 0 Å². The monoisotopic (exact) mass is 286 g/mol. The van der Waals surface area contributed by atoms with Gasteiger partial charge in [-0.1, -0.05) is 24.3 Å². The second-order valence-corrected chi connectivity index (χ2v) is 5.28. The van der Waals surface area contributed by atoms with Crippen LogP contribution in [0.5, 0.6) is 5.75 Å². The van der Waals surface area contributed by atoms with Gasteiger partial charge in [0.25, 0.3) is 0 Å². The van der Waals surface area contributed by atoms with Crippen LogP contribution in [0.25, 0.3) is 0 Å². The van der Waals surface area contributed by atoms with Gasteiger partial charge in [0.2, 0.25) is 0 Å². The molecule has 0 radical (unpaired) electrons. The summed E-state index contributed by atoms with van der Waals surface area (Å²) < 4.78 is 18.5. The van der Waals surface area contributed by atoms with Crippen molar-refractivity contribution in [2.24, 2.45) is 0 Å². The van der Waals surface area contributed by atoms with Gasteiger partial charge in [0.1, 0.15) is 5.78 Å². The predicted octanol–water partition coefficient (Wildman–Crippen LogP) is 3.81. The maximum absolute atomic E-state index is 13.6. The molecule has 3 heteroatoms. The van der Waals surface area contributed by atoms with Crippen molar-refractivity contribution < 1.29 is 13.9 Å². The molecule has 0 spiro atoms. The molecule has 0 aliphatic rings. The zero-order valence-corrected chi connectivity index (χ0v) is 12.6. The lowest BCUT2D eigenvalue weighted by Gasteiger charge is -2.06. The van der Waals surface area contributed by atoms with Crippen LogP contribution in [0.2, 0.25) is 0 Å². The number of rotatable bonds is 5. The molecular weight excluding hydrogens is 267 g/mol. The molecule has 0 saturated carbocycles. The normalized spacial score (nSPS) is 10.5. The Kier molecular flexibility index (Phi) is 4.73. The lowest BCUT2D eigenvalue weighted by molar-refractivity contribution is -0.117. The zero-order chi connectivity index (χ0) is 15.4. The van der Waals surface area contributed by atoms with Crippen molar-refractivity contribution in [1.29, 1.82) is 0 Å². The molecular formula is C18H19FO2. The van der Waals surface area contributed by atoms with Crippen molar-refractivity contribution in [3.05, 3.63) is 64.5 Å². The SMILES string of the molecule is COc1ccc(CC(=O)Cc2ccc(C)c(C)c2)cc1F. The number of hydrogen-bond donors (Lipinski definition) is 0. The first-order chi connectivity index (χ1) is 9.99. The average molecular weight is 286 g/mol. The number of ether oxygens (including phenoxy) is 1. The molecule has 0 bridgehead atoms. The topological polar surface area (TPSA) is 26.3 Å².